The van der Waals surface area contributed by atoms with Crippen LogP contribution in [0.15, 0.2) is 0 Å². The Balaban J connectivity index is 7.39. The zero-order chi connectivity index (χ0) is 18.1. The first-order valence-corrected chi connectivity index (χ1v) is 10.3. The number of hydrogen-bond acceptors (Lipinski definition) is 8. The fourth-order valence-electron chi connectivity index (χ4n) is 1.75. The maximum Gasteiger partial charge on any atom is 0.345 e. The van der Waals surface area contributed by atoms with Gasteiger partial charge in [0.05, 0.1) is 0 Å². The van der Waals surface area contributed by atoms with Crippen LogP contribution >= 0.6 is 0 Å². The van der Waals surface area contributed by atoms with Gasteiger partial charge < -0.3 is 10.2 Å². The first-order chi connectivity index (χ1) is 9.63. The second-order valence-corrected chi connectivity index (χ2v) is 10.7. The summed E-state index contributed by atoms with van der Waals surface area (Å²) in [5.74, 6) is -7.64. The molecule has 2 unspecified atom stereocenters. The standard InChI is InChI=1S/C8H14O11S3/c1-3-20(13,14)5(6(9)10)8(7(11)12,22(17,18)19)21(15,16)4-2/h5H,3-4H2,1-2H3,(H,9,10)(H,11,12)(H,17,18,19). The van der Waals surface area contributed by atoms with Crippen LogP contribution in [0.5, 0.6) is 0 Å². The number of sulfone groups is 2. The Kier molecular flexibility index (Phi) is 5.75. The van der Waals surface area contributed by atoms with Crippen molar-refractivity contribution in [2.75, 3.05) is 11.5 Å². The van der Waals surface area contributed by atoms with Crippen molar-refractivity contribution in [1.29, 1.82) is 0 Å². The van der Waals surface area contributed by atoms with Crippen LogP contribution < -0.4 is 0 Å². The Bertz CT molecular complexity index is 773. The summed E-state index contributed by atoms with van der Waals surface area (Å²) in [6.07, 6.45) is 0. The third kappa shape index (κ3) is 2.95. The van der Waals surface area contributed by atoms with Crippen molar-refractivity contribution >= 4 is 41.7 Å². The molecule has 3 N–H and O–H groups in total. The molecule has 0 rings (SSSR count). The van der Waals surface area contributed by atoms with E-state index in [-0.39, 0.29) is 0 Å². The zero-order valence-electron chi connectivity index (χ0n) is 11.3. The van der Waals surface area contributed by atoms with Gasteiger partial charge in [-0.3, -0.25) is 9.35 Å². The van der Waals surface area contributed by atoms with E-state index in [1.165, 1.54) is 0 Å². The lowest BCUT2D eigenvalue weighted by molar-refractivity contribution is -0.144. The largest absolute Gasteiger partial charge is 0.480 e. The van der Waals surface area contributed by atoms with Crippen LogP contribution in [-0.2, 0) is 39.4 Å². The van der Waals surface area contributed by atoms with Crippen molar-refractivity contribution in [3.05, 3.63) is 0 Å². The third-order valence-corrected chi connectivity index (χ3v) is 9.90. The molecule has 2 atom stereocenters. The Morgan fingerprint density at radius 3 is 1.55 bits per heavy atom. The monoisotopic (exact) mass is 382 g/mol. The van der Waals surface area contributed by atoms with E-state index in [0.29, 0.717) is 0 Å². The molecule has 22 heavy (non-hydrogen) atoms. The molecular formula is C8H14O11S3. The molecule has 14 heteroatoms. The lowest BCUT2D eigenvalue weighted by atomic mass is 10.3. The minimum absolute atomic E-state index is 0.773. The molecule has 0 fully saturated rings. The van der Waals surface area contributed by atoms with Gasteiger partial charge in [-0.15, -0.1) is 0 Å². The number of rotatable bonds is 8. The van der Waals surface area contributed by atoms with Crippen molar-refractivity contribution < 1.29 is 49.6 Å². The van der Waals surface area contributed by atoms with Gasteiger partial charge in [-0.25, -0.2) is 21.6 Å². The van der Waals surface area contributed by atoms with Crippen LogP contribution in [0.3, 0.4) is 0 Å². The topological polar surface area (TPSA) is 197 Å². The van der Waals surface area contributed by atoms with Crippen molar-refractivity contribution in [2.24, 2.45) is 0 Å². The van der Waals surface area contributed by atoms with E-state index in [1.54, 1.807) is 0 Å². The highest BCUT2D eigenvalue weighted by Gasteiger charge is 2.72. The van der Waals surface area contributed by atoms with E-state index in [0.717, 1.165) is 13.8 Å². The quantitative estimate of drug-likeness (QED) is 0.391. The maximum atomic E-state index is 12.0. The summed E-state index contributed by atoms with van der Waals surface area (Å²) in [5.41, 5.74) is 0. The number of aliphatic carboxylic acids is 2. The van der Waals surface area contributed by atoms with E-state index in [4.69, 9.17) is 14.8 Å². The average molecular weight is 382 g/mol. The molecule has 0 heterocycles. The van der Waals surface area contributed by atoms with E-state index < -0.39 is 62.6 Å². The van der Waals surface area contributed by atoms with E-state index in [1.807, 2.05) is 0 Å². The van der Waals surface area contributed by atoms with Gasteiger partial charge in [0.25, 0.3) is 10.1 Å². The fourth-order valence-corrected chi connectivity index (χ4v) is 8.00. The number of hydrogen-bond donors (Lipinski definition) is 3. The maximum absolute atomic E-state index is 12.0. The first kappa shape index (κ1) is 20.8. The number of carbonyl (C=O) groups is 2. The summed E-state index contributed by atoms with van der Waals surface area (Å²) in [5, 5.41) is 14.6. The number of carboxylic acids is 2. The highest BCUT2D eigenvalue weighted by Crippen LogP contribution is 2.34. The van der Waals surface area contributed by atoms with Crippen LogP contribution in [-0.4, -0.2) is 72.8 Å². The molecule has 0 aliphatic carbocycles. The summed E-state index contributed by atoms with van der Waals surface area (Å²) in [6, 6.07) is 0. The van der Waals surface area contributed by atoms with Gasteiger partial charge in [0.1, 0.15) is 0 Å². The Morgan fingerprint density at radius 1 is 0.955 bits per heavy atom. The van der Waals surface area contributed by atoms with Gasteiger partial charge >= 0.3 is 16.0 Å². The van der Waals surface area contributed by atoms with Gasteiger partial charge in [-0.1, -0.05) is 13.8 Å². The zero-order valence-corrected chi connectivity index (χ0v) is 13.8. The summed E-state index contributed by atoms with van der Waals surface area (Å²) in [7, 11) is -16.6. The van der Waals surface area contributed by atoms with E-state index in [2.05, 4.69) is 0 Å². The predicted octanol–water partition coefficient (Wildman–Crippen LogP) is -2.02. The number of carboxylic acid groups (broad SMARTS) is 2. The van der Waals surface area contributed by atoms with Crippen LogP contribution in [0.25, 0.3) is 0 Å². The molecule has 0 radical (unpaired) electrons. The summed E-state index contributed by atoms with van der Waals surface area (Å²) in [6.45, 7) is 1.64. The molecule has 0 saturated heterocycles. The lowest BCUT2D eigenvalue weighted by Crippen LogP contribution is -2.66. The van der Waals surface area contributed by atoms with Crippen LogP contribution in [0, 0.1) is 0 Å². The van der Waals surface area contributed by atoms with Gasteiger partial charge in [-0.2, -0.15) is 8.42 Å². The normalized spacial score (nSPS) is 17.4. The molecule has 0 aromatic carbocycles. The Hall–Kier alpha value is -1.25. The smallest absolute Gasteiger partial charge is 0.345 e. The molecular weight excluding hydrogens is 368 g/mol. The molecule has 0 amide bonds. The third-order valence-electron chi connectivity index (χ3n) is 2.85. The average Bonchev–Trinajstić information content (AvgIpc) is 2.32. The minimum atomic E-state index is -6.18. The van der Waals surface area contributed by atoms with Crippen molar-refractivity contribution in [3.8, 4) is 0 Å². The molecule has 130 valence electrons. The summed E-state index contributed by atoms with van der Waals surface area (Å²) >= 11 is 0. The van der Waals surface area contributed by atoms with E-state index in [9.17, 15) is 34.8 Å². The van der Waals surface area contributed by atoms with E-state index >= 15 is 0 Å². The SMILES string of the molecule is CCS(=O)(=O)C(C(=O)O)C(C(=O)O)(S(=O)(=O)O)S(=O)(=O)CC. The second kappa shape index (κ2) is 6.10. The lowest BCUT2D eigenvalue weighted by Gasteiger charge is -2.30. The van der Waals surface area contributed by atoms with Crippen molar-refractivity contribution in [3.63, 3.8) is 0 Å². The summed E-state index contributed by atoms with van der Waals surface area (Å²) in [4.78, 5) is 22.5. The van der Waals surface area contributed by atoms with Gasteiger partial charge in [0.2, 0.25) is 5.25 Å². The highest BCUT2D eigenvalue weighted by molar-refractivity contribution is 8.11. The molecule has 0 aliphatic rings. The molecule has 0 spiro atoms. The second-order valence-electron chi connectivity index (χ2n) is 4.02. The molecule has 0 saturated carbocycles. The summed E-state index contributed by atoms with van der Waals surface area (Å²) < 4.78 is 75.2. The molecule has 0 aliphatic heterocycles. The molecule has 0 aromatic rings. The van der Waals surface area contributed by atoms with Crippen molar-refractivity contribution in [1.82, 2.24) is 0 Å². The first-order valence-electron chi connectivity index (χ1n) is 5.50. The Morgan fingerprint density at radius 2 is 1.36 bits per heavy atom. The van der Waals surface area contributed by atoms with Gasteiger partial charge in [0.15, 0.2) is 19.7 Å². The Labute approximate surface area is 126 Å². The van der Waals surface area contributed by atoms with Crippen LogP contribution in [0.1, 0.15) is 13.8 Å². The minimum Gasteiger partial charge on any atom is -0.480 e. The molecule has 11 nitrogen and oxygen atoms in total. The highest BCUT2D eigenvalue weighted by atomic mass is 32.3. The fraction of sp³-hybridized carbons (Fsp3) is 0.750. The molecule has 0 aromatic heterocycles. The van der Waals surface area contributed by atoms with Crippen LogP contribution in [0.2, 0.25) is 0 Å². The van der Waals surface area contributed by atoms with Gasteiger partial charge in [-0.05, 0) is 0 Å². The molecule has 0 bridgehead atoms. The van der Waals surface area contributed by atoms with Gasteiger partial charge in [0, 0.05) is 11.5 Å². The van der Waals surface area contributed by atoms with Crippen molar-refractivity contribution in [2.45, 2.75) is 23.2 Å². The predicted molar refractivity (Wildman–Crippen MR) is 72.3 cm³/mol. The van der Waals surface area contributed by atoms with Crippen LogP contribution in [0.4, 0.5) is 0 Å².